The van der Waals surface area contributed by atoms with Crippen LogP contribution in [-0.4, -0.2) is 50.5 Å². The molecular formula is C19H23N3O4S. The van der Waals surface area contributed by atoms with E-state index in [4.69, 9.17) is 4.74 Å². The standard InChI is InChI=1S/C19H23N3O4S/c1-3-26-17-7-5-4-6-16(17)21-19(23)14-8-10-20-18(12-14)22(2)15-9-11-27(24,25)13-15/h4-8,10,12,15H,3,9,11,13H2,1-2H3,(H,21,23). The van der Waals surface area contributed by atoms with E-state index in [1.54, 1.807) is 37.5 Å². The monoisotopic (exact) mass is 389 g/mol. The van der Waals surface area contributed by atoms with E-state index >= 15 is 0 Å². The summed E-state index contributed by atoms with van der Waals surface area (Å²) in [5.41, 5.74) is 1.04. The number of benzene rings is 1. The lowest BCUT2D eigenvalue weighted by Crippen LogP contribution is -2.33. The highest BCUT2D eigenvalue weighted by Crippen LogP contribution is 2.25. The SMILES string of the molecule is CCOc1ccccc1NC(=O)c1ccnc(N(C)C2CCS(=O)(=O)C2)c1. The minimum Gasteiger partial charge on any atom is -0.492 e. The zero-order valence-corrected chi connectivity index (χ0v) is 16.2. The Balaban J connectivity index is 1.76. The molecular weight excluding hydrogens is 366 g/mol. The van der Waals surface area contributed by atoms with Crippen molar-refractivity contribution < 1.29 is 17.9 Å². The smallest absolute Gasteiger partial charge is 0.255 e. The van der Waals surface area contributed by atoms with E-state index in [1.807, 2.05) is 24.0 Å². The molecule has 8 heteroatoms. The Morgan fingerprint density at radius 3 is 2.81 bits per heavy atom. The molecule has 27 heavy (non-hydrogen) atoms. The van der Waals surface area contributed by atoms with Crippen LogP contribution in [0.2, 0.25) is 0 Å². The molecule has 1 saturated heterocycles. The van der Waals surface area contributed by atoms with Gasteiger partial charge in [0, 0.05) is 24.8 Å². The summed E-state index contributed by atoms with van der Waals surface area (Å²) in [6.07, 6.45) is 2.12. The Morgan fingerprint density at radius 2 is 2.11 bits per heavy atom. The molecule has 2 heterocycles. The van der Waals surface area contributed by atoms with Crippen LogP contribution in [0.3, 0.4) is 0 Å². The van der Waals surface area contributed by atoms with Gasteiger partial charge in [0.05, 0.1) is 23.8 Å². The molecule has 1 aromatic heterocycles. The summed E-state index contributed by atoms with van der Waals surface area (Å²) in [5.74, 6) is 1.21. The Bertz CT molecular complexity index is 930. The molecule has 1 unspecified atom stereocenters. The number of carbonyl (C=O) groups is 1. The highest BCUT2D eigenvalue weighted by Gasteiger charge is 2.31. The van der Waals surface area contributed by atoms with Gasteiger partial charge in [0.2, 0.25) is 0 Å². The Labute approximate surface area is 159 Å². The van der Waals surface area contributed by atoms with Gasteiger partial charge in [0.25, 0.3) is 5.91 Å². The van der Waals surface area contributed by atoms with Crippen LogP contribution in [0.1, 0.15) is 23.7 Å². The van der Waals surface area contributed by atoms with Crippen LogP contribution in [0, 0.1) is 0 Å². The summed E-state index contributed by atoms with van der Waals surface area (Å²) in [6.45, 7) is 2.38. The molecule has 1 aliphatic rings. The van der Waals surface area contributed by atoms with Crippen molar-refractivity contribution in [2.75, 3.05) is 35.4 Å². The first-order valence-corrected chi connectivity index (χ1v) is 10.6. The van der Waals surface area contributed by atoms with Crippen molar-refractivity contribution in [1.29, 1.82) is 0 Å². The summed E-state index contributed by atoms with van der Waals surface area (Å²) < 4.78 is 29.0. The molecule has 0 aliphatic carbocycles. The fourth-order valence-corrected chi connectivity index (χ4v) is 4.84. The minimum atomic E-state index is -2.99. The van der Waals surface area contributed by atoms with Crippen molar-refractivity contribution in [1.82, 2.24) is 4.98 Å². The van der Waals surface area contributed by atoms with Crippen LogP contribution >= 0.6 is 0 Å². The highest BCUT2D eigenvalue weighted by atomic mass is 32.2. The van der Waals surface area contributed by atoms with Crippen molar-refractivity contribution >= 4 is 27.2 Å². The number of sulfone groups is 1. The second-order valence-electron chi connectivity index (χ2n) is 6.45. The average Bonchev–Trinajstić information content (AvgIpc) is 3.03. The lowest BCUT2D eigenvalue weighted by Gasteiger charge is -2.24. The van der Waals surface area contributed by atoms with E-state index in [-0.39, 0.29) is 23.5 Å². The van der Waals surface area contributed by atoms with Crippen molar-refractivity contribution in [3.63, 3.8) is 0 Å². The summed E-state index contributed by atoms with van der Waals surface area (Å²) in [5, 5.41) is 2.85. The number of ether oxygens (including phenoxy) is 1. The predicted octanol–water partition coefficient (Wildman–Crippen LogP) is 2.36. The molecule has 0 spiro atoms. The molecule has 2 aromatic rings. The Hall–Kier alpha value is -2.61. The van der Waals surface area contributed by atoms with Crippen LogP contribution in [0.25, 0.3) is 0 Å². The number of nitrogens with one attached hydrogen (secondary N) is 1. The number of para-hydroxylation sites is 2. The van der Waals surface area contributed by atoms with Crippen LogP contribution in [0.4, 0.5) is 11.5 Å². The van der Waals surface area contributed by atoms with E-state index in [0.717, 1.165) is 0 Å². The highest BCUT2D eigenvalue weighted by molar-refractivity contribution is 7.91. The van der Waals surface area contributed by atoms with Crippen LogP contribution in [-0.2, 0) is 9.84 Å². The molecule has 0 radical (unpaired) electrons. The third-order valence-corrected chi connectivity index (χ3v) is 6.31. The van der Waals surface area contributed by atoms with Gasteiger partial charge in [-0.2, -0.15) is 0 Å². The fraction of sp³-hybridized carbons (Fsp3) is 0.368. The van der Waals surface area contributed by atoms with Gasteiger partial charge >= 0.3 is 0 Å². The summed E-state index contributed by atoms with van der Waals surface area (Å²) in [4.78, 5) is 18.8. The van der Waals surface area contributed by atoms with E-state index in [1.165, 1.54) is 0 Å². The maximum absolute atomic E-state index is 12.7. The molecule has 144 valence electrons. The number of amides is 1. The molecule has 0 saturated carbocycles. The van der Waals surface area contributed by atoms with Gasteiger partial charge in [-0.15, -0.1) is 0 Å². The molecule has 1 amide bonds. The number of anilines is 2. The molecule has 1 atom stereocenters. The first-order chi connectivity index (χ1) is 12.9. The van der Waals surface area contributed by atoms with Gasteiger partial charge in [-0.05, 0) is 37.6 Å². The Kier molecular flexibility index (Phi) is 5.65. The number of pyridine rings is 1. The van der Waals surface area contributed by atoms with Crippen molar-refractivity contribution in [3.05, 3.63) is 48.2 Å². The zero-order valence-electron chi connectivity index (χ0n) is 15.4. The van der Waals surface area contributed by atoms with Gasteiger partial charge < -0.3 is 15.0 Å². The first-order valence-electron chi connectivity index (χ1n) is 8.82. The molecule has 1 aromatic carbocycles. The van der Waals surface area contributed by atoms with Gasteiger partial charge in [-0.3, -0.25) is 4.79 Å². The Morgan fingerprint density at radius 1 is 1.33 bits per heavy atom. The van der Waals surface area contributed by atoms with Crippen LogP contribution in [0.15, 0.2) is 42.6 Å². The number of nitrogens with zero attached hydrogens (tertiary/aromatic N) is 2. The van der Waals surface area contributed by atoms with Crippen molar-refractivity contribution in [2.24, 2.45) is 0 Å². The first kappa shape index (κ1) is 19.2. The number of rotatable bonds is 6. The van der Waals surface area contributed by atoms with E-state index in [0.29, 0.717) is 35.8 Å². The molecule has 1 fully saturated rings. The quantitative estimate of drug-likeness (QED) is 0.816. The molecule has 3 rings (SSSR count). The second kappa shape index (κ2) is 7.96. The maximum atomic E-state index is 12.7. The number of hydrogen-bond donors (Lipinski definition) is 1. The molecule has 0 bridgehead atoms. The molecule has 1 N–H and O–H groups in total. The lowest BCUT2D eigenvalue weighted by atomic mass is 10.2. The molecule has 1 aliphatic heterocycles. The third-order valence-electron chi connectivity index (χ3n) is 4.56. The second-order valence-corrected chi connectivity index (χ2v) is 8.68. The fourth-order valence-electron chi connectivity index (χ4n) is 3.07. The maximum Gasteiger partial charge on any atom is 0.255 e. The summed E-state index contributed by atoms with van der Waals surface area (Å²) >= 11 is 0. The van der Waals surface area contributed by atoms with Crippen molar-refractivity contribution in [3.8, 4) is 5.75 Å². The third kappa shape index (κ3) is 4.57. The molecule has 7 nitrogen and oxygen atoms in total. The number of hydrogen-bond acceptors (Lipinski definition) is 6. The average molecular weight is 389 g/mol. The van der Waals surface area contributed by atoms with Gasteiger partial charge in [0.1, 0.15) is 11.6 Å². The lowest BCUT2D eigenvalue weighted by molar-refractivity contribution is 0.102. The van der Waals surface area contributed by atoms with E-state index in [9.17, 15) is 13.2 Å². The van der Waals surface area contributed by atoms with E-state index in [2.05, 4.69) is 10.3 Å². The number of aromatic nitrogens is 1. The van der Waals surface area contributed by atoms with Gasteiger partial charge in [-0.1, -0.05) is 12.1 Å². The minimum absolute atomic E-state index is 0.114. The zero-order chi connectivity index (χ0) is 19.4. The van der Waals surface area contributed by atoms with E-state index < -0.39 is 9.84 Å². The largest absolute Gasteiger partial charge is 0.492 e. The van der Waals surface area contributed by atoms with Gasteiger partial charge in [-0.25, -0.2) is 13.4 Å². The summed E-state index contributed by atoms with van der Waals surface area (Å²) in [7, 11) is -1.18. The van der Waals surface area contributed by atoms with Crippen LogP contribution < -0.4 is 15.0 Å². The normalized spacial score (nSPS) is 18.1. The predicted molar refractivity (Wildman–Crippen MR) is 105 cm³/mol. The van der Waals surface area contributed by atoms with Gasteiger partial charge in [0.15, 0.2) is 9.84 Å². The van der Waals surface area contributed by atoms with Crippen molar-refractivity contribution in [2.45, 2.75) is 19.4 Å². The number of carbonyl (C=O) groups excluding carboxylic acids is 1. The summed E-state index contributed by atoms with van der Waals surface area (Å²) in [6, 6.07) is 10.4. The topological polar surface area (TPSA) is 88.6 Å². The van der Waals surface area contributed by atoms with Crippen LogP contribution in [0.5, 0.6) is 5.75 Å².